The monoisotopic (exact) mass is 339 g/mol. The molecule has 2 unspecified atom stereocenters. The Labute approximate surface area is 137 Å². The molecule has 0 saturated heterocycles. The molecular formula is C16H19F2N3O3. The van der Waals surface area contributed by atoms with Crippen LogP contribution in [0.25, 0.3) is 0 Å². The van der Waals surface area contributed by atoms with Crippen molar-refractivity contribution in [1.29, 1.82) is 0 Å². The van der Waals surface area contributed by atoms with Gasteiger partial charge in [0.2, 0.25) is 0 Å². The summed E-state index contributed by atoms with van der Waals surface area (Å²) in [4.78, 5) is 23.7. The van der Waals surface area contributed by atoms with E-state index in [9.17, 15) is 23.5 Å². The molecule has 0 radical (unpaired) electrons. The second-order valence-corrected chi connectivity index (χ2v) is 5.70. The van der Waals surface area contributed by atoms with Gasteiger partial charge in [0.1, 0.15) is 0 Å². The third-order valence-electron chi connectivity index (χ3n) is 3.89. The Bertz CT molecular complexity index is 861. The minimum absolute atomic E-state index is 0.114. The zero-order chi connectivity index (χ0) is 18.0. The van der Waals surface area contributed by atoms with E-state index in [0.717, 1.165) is 16.7 Å². The Morgan fingerprint density at radius 3 is 2.50 bits per heavy atom. The van der Waals surface area contributed by atoms with Gasteiger partial charge in [0.25, 0.3) is 5.56 Å². The van der Waals surface area contributed by atoms with E-state index in [1.807, 2.05) is 0 Å². The zero-order valence-electron chi connectivity index (χ0n) is 13.6. The number of halogens is 2. The molecule has 8 heteroatoms. The van der Waals surface area contributed by atoms with Crippen LogP contribution in [0.15, 0.2) is 34.0 Å². The molecule has 1 aromatic carbocycles. The number of aromatic nitrogens is 2. The number of hydrogen-bond donors (Lipinski definition) is 2. The van der Waals surface area contributed by atoms with Crippen molar-refractivity contribution < 1.29 is 13.9 Å². The van der Waals surface area contributed by atoms with Crippen LogP contribution >= 0.6 is 0 Å². The summed E-state index contributed by atoms with van der Waals surface area (Å²) in [6.45, 7) is 1.76. The van der Waals surface area contributed by atoms with Gasteiger partial charge < -0.3 is 15.0 Å². The van der Waals surface area contributed by atoms with Gasteiger partial charge in [0, 0.05) is 38.4 Å². The lowest BCUT2D eigenvalue weighted by Crippen LogP contribution is -2.41. The molecule has 2 rings (SSSR count). The Balaban J connectivity index is 2.13. The maximum atomic E-state index is 13.3. The number of aliphatic hydroxyl groups excluding tert-OH is 1. The van der Waals surface area contributed by atoms with Crippen molar-refractivity contribution in [2.24, 2.45) is 14.1 Å². The summed E-state index contributed by atoms with van der Waals surface area (Å²) in [5.74, 6) is -2.02. The van der Waals surface area contributed by atoms with Gasteiger partial charge in [-0.05, 0) is 24.6 Å². The van der Waals surface area contributed by atoms with Crippen molar-refractivity contribution in [1.82, 2.24) is 14.5 Å². The van der Waals surface area contributed by atoms with E-state index in [4.69, 9.17) is 0 Å². The van der Waals surface area contributed by atoms with E-state index >= 15 is 0 Å². The van der Waals surface area contributed by atoms with Crippen LogP contribution in [-0.4, -0.2) is 20.3 Å². The first kappa shape index (κ1) is 18.0. The average Bonchev–Trinajstić information content (AvgIpc) is 2.56. The smallest absolute Gasteiger partial charge is 0.330 e. The van der Waals surface area contributed by atoms with Crippen LogP contribution in [0.4, 0.5) is 8.78 Å². The number of hydrogen-bond acceptors (Lipinski definition) is 4. The maximum Gasteiger partial charge on any atom is 0.330 e. The summed E-state index contributed by atoms with van der Waals surface area (Å²) in [5, 5.41) is 13.2. The summed E-state index contributed by atoms with van der Waals surface area (Å²) >= 11 is 0. The third-order valence-corrected chi connectivity index (χ3v) is 3.89. The Hall–Kier alpha value is -2.32. The molecule has 0 amide bonds. The topological polar surface area (TPSA) is 76.3 Å². The van der Waals surface area contributed by atoms with Crippen molar-refractivity contribution in [3.05, 3.63) is 68.0 Å². The molecule has 130 valence electrons. The van der Waals surface area contributed by atoms with E-state index < -0.39 is 35.0 Å². The van der Waals surface area contributed by atoms with E-state index in [2.05, 4.69) is 5.32 Å². The number of nitrogens with one attached hydrogen (secondary N) is 1. The lowest BCUT2D eigenvalue weighted by molar-refractivity contribution is 0.134. The highest BCUT2D eigenvalue weighted by molar-refractivity contribution is 5.21. The molecule has 24 heavy (non-hydrogen) atoms. The largest absolute Gasteiger partial charge is 0.387 e. The van der Waals surface area contributed by atoms with Gasteiger partial charge in [0.05, 0.1) is 6.10 Å². The molecule has 2 atom stereocenters. The number of nitrogens with zero attached hydrogens (tertiary/aromatic N) is 2. The molecule has 6 nitrogen and oxygen atoms in total. The zero-order valence-corrected chi connectivity index (χ0v) is 13.6. The predicted molar refractivity (Wildman–Crippen MR) is 84.5 cm³/mol. The lowest BCUT2D eigenvalue weighted by Gasteiger charge is -2.21. The number of aryl methyl sites for hydroxylation is 1. The standard InChI is InChI=1S/C16H19F2N3O3/c1-9(14(22)10-4-5-12(17)13(18)6-10)19-7-11-8-20(2)16(24)21(3)15(11)23/h4-6,8-9,14,19,22H,7H2,1-3H3. The fourth-order valence-corrected chi connectivity index (χ4v) is 2.37. The molecular weight excluding hydrogens is 320 g/mol. The van der Waals surface area contributed by atoms with Gasteiger partial charge in [-0.1, -0.05) is 6.07 Å². The van der Waals surface area contributed by atoms with Crippen molar-refractivity contribution in [2.75, 3.05) is 0 Å². The van der Waals surface area contributed by atoms with E-state index in [0.29, 0.717) is 5.56 Å². The second-order valence-electron chi connectivity index (χ2n) is 5.70. The lowest BCUT2D eigenvalue weighted by atomic mass is 10.0. The fourth-order valence-electron chi connectivity index (χ4n) is 2.37. The Morgan fingerprint density at radius 2 is 1.88 bits per heavy atom. The summed E-state index contributed by atoms with van der Waals surface area (Å²) in [6.07, 6.45) is 0.338. The predicted octanol–water partition coefficient (Wildman–Crippen LogP) is 0.574. The van der Waals surface area contributed by atoms with Crippen LogP contribution < -0.4 is 16.6 Å². The Morgan fingerprint density at radius 1 is 1.21 bits per heavy atom. The fraction of sp³-hybridized carbons (Fsp3) is 0.375. The van der Waals surface area contributed by atoms with Gasteiger partial charge in [0.15, 0.2) is 11.6 Å². The van der Waals surface area contributed by atoms with Gasteiger partial charge in [-0.3, -0.25) is 9.36 Å². The van der Waals surface area contributed by atoms with Crippen LogP contribution in [0.1, 0.15) is 24.2 Å². The van der Waals surface area contributed by atoms with Crippen molar-refractivity contribution in [3.63, 3.8) is 0 Å². The minimum Gasteiger partial charge on any atom is -0.387 e. The number of aliphatic hydroxyl groups is 1. The molecule has 0 aliphatic rings. The Kier molecular flexibility index (Phi) is 5.30. The van der Waals surface area contributed by atoms with Crippen LogP contribution in [0, 0.1) is 11.6 Å². The van der Waals surface area contributed by atoms with Crippen LogP contribution in [0.2, 0.25) is 0 Å². The van der Waals surface area contributed by atoms with Gasteiger partial charge >= 0.3 is 5.69 Å². The molecule has 1 heterocycles. The summed E-state index contributed by atoms with van der Waals surface area (Å²) < 4.78 is 28.5. The summed E-state index contributed by atoms with van der Waals surface area (Å²) in [6, 6.07) is 2.65. The first-order chi connectivity index (χ1) is 11.2. The summed E-state index contributed by atoms with van der Waals surface area (Å²) in [5.41, 5.74) is -0.287. The first-order valence-corrected chi connectivity index (χ1v) is 7.34. The normalized spacial score (nSPS) is 13.8. The van der Waals surface area contributed by atoms with Crippen molar-refractivity contribution >= 4 is 0 Å². The molecule has 2 N–H and O–H groups in total. The van der Waals surface area contributed by atoms with E-state index in [1.54, 1.807) is 6.92 Å². The number of benzene rings is 1. The molecule has 0 fully saturated rings. The van der Waals surface area contributed by atoms with Gasteiger partial charge in [-0.2, -0.15) is 0 Å². The van der Waals surface area contributed by atoms with Crippen LogP contribution in [0.5, 0.6) is 0 Å². The average molecular weight is 339 g/mol. The van der Waals surface area contributed by atoms with Crippen molar-refractivity contribution in [3.8, 4) is 0 Å². The third kappa shape index (κ3) is 3.60. The minimum atomic E-state index is -1.09. The molecule has 0 spiro atoms. The quantitative estimate of drug-likeness (QED) is 0.835. The second kappa shape index (κ2) is 7.06. The molecule has 2 aromatic rings. The highest BCUT2D eigenvalue weighted by Gasteiger charge is 2.18. The van der Waals surface area contributed by atoms with Gasteiger partial charge in [-0.25, -0.2) is 13.6 Å². The molecule has 0 bridgehead atoms. The summed E-state index contributed by atoms with van der Waals surface area (Å²) in [7, 11) is 2.92. The van der Waals surface area contributed by atoms with Crippen molar-refractivity contribution in [2.45, 2.75) is 25.6 Å². The molecule has 0 aliphatic carbocycles. The van der Waals surface area contributed by atoms with E-state index in [1.165, 1.54) is 30.9 Å². The SMILES string of the molecule is CC(NCc1cn(C)c(=O)n(C)c1=O)C(O)c1ccc(F)c(F)c1. The first-order valence-electron chi connectivity index (χ1n) is 7.34. The van der Waals surface area contributed by atoms with Gasteiger partial charge in [-0.15, -0.1) is 0 Å². The molecule has 1 aromatic heterocycles. The molecule has 0 saturated carbocycles. The van der Waals surface area contributed by atoms with Crippen LogP contribution in [-0.2, 0) is 20.6 Å². The highest BCUT2D eigenvalue weighted by Crippen LogP contribution is 2.19. The highest BCUT2D eigenvalue weighted by atomic mass is 19.2. The number of rotatable bonds is 5. The van der Waals surface area contributed by atoms with Crippen LogP contribution in [0.3, 0.4) is 0 Å². The molecule has 0 aliphatic heterocycles. The van der Waals surface area contributed by atoms with E-state index in [-0.39, 0.29) is 12.1 Å². The maximum absolute atomic E-state index is 13.3.